The van der Waals surface area contributed by atoms with Gasteiger partial charge in [-0.2, -0.15) is 5.26 Å². The van der Waals surface area contributed by atoms with E-state index in [1.165, 1.54) is 6.29 Å². The van der Waals surface area contributed by atoms with E-state index in [1.54, 1.807) is 6.07 Å². The summed E-state index contributed by atoms with van der Waals surface area (Å²) in [6.07, 6.45) is 3.49. The predicted molar refractivity (Wildman–Crippen MR) is 20.4 cm³/mol. The minimum Gasteiger partial charge on any atom is -0.286 e. The van der Waals surface area contributed by atoms with Crippen LogP contribution in [0.4, 0.5) is 0 Å². The molecule has 0 aromatic heterocycles. The Balaban J connectivity index is 3.26. The highest BCUT2D eigenvalue weighted by molar-refractivity contribution is 5.66. The van der Waals surface area contributed by atoms with E-state index in [1.807, 2.05) is 0 Å². The molecule has 0 rings (SSSR count). The lowest BCUT2D eigenvalue weighted by Crippen LogP contribution is -1.52. The number of hydrogen-bond acceptors (Lipinski definition) is 2. The Morgan fingerprint density at radius 1 is 1.50 bits per heavy atom. The van der Waals surface area contributed by atoms with E-state index in [-0.39, 0.29) is 0 Å². The van der Waals surface area contributed by atoms with Gasteiger partial charge in [0.1, 0.15) is 0 Å². The first-order chi connectivity index (χ1) is 2.91. The third-order valence-corrected chi connectivity index (χ3v) is 0.226. The fourth-order valence-corrected chi connectivity index (χ4v) is 0.0713. The molecule has 0 fully saturated rings. The Bertz CT molecular complexity index is 98.6. The average Bonchev–Trinajstić information content (AvgIpc) is 1.61. The number of nitriles is 1. The maximum Gasteiger partial charge on any atom is 0.226 e. The Kier molecular flexibility index (Phi) is 3.19. The van der Waals surface area contributed by atoms with Crippen molar-refractivity contribution in [1.82, 2.24) is 0 Å². The number of allylic oxidation sites excluding steroid dienone is 2. The summed E-state index contributed by atoms with van der Waals surface area (Å²) < 4.78 is 0. The highest BCUT2D eigenvalue weighted by Gasteiger charge is 1.57. The zero-order valence-electron chi connectivity index (χ0n) is 3.01. The predicted octanol–water partition coefficient (Wildman–Crippen LogP) is 0.176. The second-order valence-electron chi connectivity index (χ2n) is 0.580. The van der Waals surface area contributed by atoms with Crippen LogP contribution in [0.25, 0.3) is 0 Å². The first-order valence-electron chi connectivity index (χ1n) is 1.34. The minimum absolute atomic E-state index is 1.01. The van der Waals surface area contributed by atoms with Crippen molar-refractivity contribution in [3.63, 3.8) is 0 Å². The number of nitrogens with zero attached hydrogens (tertiary/aromatic N) is 1. The molecule has 0 saturated carbocycles. The second-order valence-corrected chi connectivity index (χ2v) is 0.580. The van der Waals surface area contributed by atoms with Crippen LogP contribution in [0.2, 0.25) is 0 Å². The van der Waals surface area contributed by atoms with Crippen molar-refractivity contribution in [1.29, 1.82) is 5.26 Å². The first kappa shape index (κ1) is 4.90. The summed E-state index contributed by atoms with van der Waals surface area (Å²) in [6.45, 7) is 0. The smallest absolute Gasteiger partial charge is 0.226 e. The van der Waals surface area contributed by atoms with E-state index >= 15 is 0 Å². The van der Waals surface area contributed by atoms with Crippen LogP contribution in [0.3, 0.4) is 0 Å². The largest absolute Gasteiger partial charge is 0.286 e. The van der Waals surface area contributed by atoms with Gasteiger partial charge in [-0.1, -0.05) is 0 Å². The third-order valence-electron chi connectivity index (χ3n) is 0.226. The number of rotatable bonds is 1. The lowest BCUT2D eigenvalue weighted by molar-refractivity contribution is 0.564. The molecular weight excluding hydrogens is 78.0 g/mol. The van der Waals surface area contributed by atoms with E-state index in [0.717, 1.165) is 12.2 Å². The fourth-order valence-electron chi connectivity index (χ4n) is 0.0713. The molecule has 0 atom stereocenters. The van der Waals surface area contributed by atoms with Crippen LogP contribution >= 0.6 is 0 Å². The molecular formula is C4H2NO. The Morgan fingerprint density at radius 2 is 2.17 bits per heavy atom. The molecule has 0 bridgehead atoms. The van der Waals surface area contributed by atoms with Crippen LogP contribution in [0, 0.1) is 11.3 Å². The zero-order chi connectivity index (χ0) is 4.83. The topological polar surface area (TPSA) is 40.9 Å². The minimum atomic E-state index is 1.01. The summed E-state index contributed by atoms with van der Waals surface area (Å²) in [4.78, 5) is 9.20. The quantitative estimate of drug-likeness (QED) is 0.333. The summed E-state index contributed by atoms with van der Waals surface area (Å²) in [5.41, 5.74) is 0. The van der Waals surface area contributed by atoms with E-state index in [0.29, 0.717) is 0 Å². The van der Waals surface area contributed by atoms with Gasteiger partial charge in [-0.15, -0.1) is 0 Å². The van der Waals surface area contributed by atoms with Crippen LogP contribution in [-0.4, -0.2) is 6.29 Å². The van der Waals surface area contributed by atoms with Gasteiger partial charge in [-0.05, 0) is 6.08 Å². The molecule has 0 aromatic carbocycles. The lowest BCUT2D eigenvalue weighted by Gasteiger charge is -1.47. The summed E-state index contributed by atoms with van der Waals surface area (Å²) in [5, 5.41) is 7.68. The summed E-state index contributed by atoms with van der Waals surface area (Å²) in [7, 11) is 0. The van der Waals surface area contributed by atoms with Crippen molar-refractivity contribution < 1.29 is 4.79 Å². The molecule has 1 radical (unpaired) electrons. The molecule has 0 amide bonds. The highest BCUT2D eigenvalue weighted by Crippen LogP contribution is 1.56. The molecule has 2 heteroatoms. The van der Waals surface area contributed by atoms with Gasteiger partial charge in [0.25, 0.3) is 0 Å². The van der Waals surface area contributed by atoms with Gasteiger partial charge in [0.2, 0.25) is 6.29 Å². The van der Waals surface area contributed by atoms with Gasteiger partial charge in [-0.3, -0.25) is 4.79 Å². The Morgan fingerprint density at radius 3 is 2.33 bits per heavy atom. The molecule has 2 nitrogen and oxygen atoms in total. The maximum atomic E-state index is 9.20. The van der Waals surface area contributed by atoms with Crippen LogP contribution in [0.5, 0.6) is 0 Å². The molecule has 0 aliphatic carbocycles. The molecule has 0 aromatic rings. The van der Waals surface area contributed by atoms with Gasteiger partial charge in [0.15, 0.2) is 0 Å². The SMILES string of the molecule is N#CC=C[C]=O. The van der Waals surface area contributed by atoms with Crippen molar-refractivity contribution in [3.8, 4) is 6.07 Å². The van der Waals surface area contributed by atoms with Crippen LogP contribution in [0.1, 0.15) is 0 Å². The number of carbonyl (C=O) groups excluding carboxylic acids is 1. The van der Waals surface area contributed by atoms with Crippen molar-refractivity contribution in [2.75, 3.05) is 0 Å². The van der Waals surface area contributed by atoms with Crippen molar-refractivity contribution in [3.05, 3.63) is 12.2 Å². The summed E-state index contributed by atoms with van der Waals surface area (Å²) >= 11 is 0. The molecule has 0 aliphatic rings. The zero-order valence-corrected chi connectivity index (χ0v) is 3.01. The van der Waals surface area contributed by atoms with E-state index < -0.39 is 0 Å². The molecule has 0 N–H and O–H groups in total. The maximum absolute atomic E-state index is 9.20. The van der Waals surface area contributed by atoms with Crippen molar-refractivity contribution in [2.45, 2.75) is 0 Å². The molecule has 29 valence electrons. The van der Waals surface area contributed by atoms with Gasteiger partial charge in [0.05, 0.1) is 6.07 Å². The molecule has 0 unspecified atom stereocenters. The van der Waals surface area contributed by atoms with Gasteiger partial charge < -0.3 is 0 Å². The average molecular weight is 80.1 g/mol. The third kappa shape index (κ3) is 2.90. The van der Waals surface area contributed by atoms with Crippen molar-refractivity contribution in [2.24, 2.45) is 0 Å². The highest BCUT2D eigenvalue weighted by atomic mass is 16.1. The van der Waals surface area contributed by atoms with E-state index in [2.05, 4.69) is 0 Å². The molecule has 0 spiro atoms. The van der Waals surface area contributed by atoms with Crippen LogP contribution in [0.15, 0.2) is 12.2 Å². The van der Waals surface area contributed by atoms with Gasteiger partial charge in [-0.25, -0.2) is 0 Å². The van der Waals surface area contributed by atoms with Gasteiger partial charge >= 0.3 is 0 Å². The normalized spacial score (nSPS) is 7.83. The summed E-state index contributed by atoms with van der Waals surface area (Å²) in [5.74, 6) is 0. The summed E-state index contributed by atoms with van der Waals surface area (Å²) in [6, 6.07) is 1.63. The standard InChI is InChI=1S/C4H2NO/c5-3-1-2-4-6/h1-2H. The van der Waals surface area contributed by atoms with E-state index in [9.17, 15) is 4.79 Å². The number of hydrogen-bond donors (Lipinski definition) is 0. The lowest BCUT2D eigenvalue weighted by atomic mass is 10.6. The second kappa shape index (κ2) is 3.90. The monoisotopic (exact) mass is 80.0 g/mol. The molecule has 6 heavy (non-hydrogen) atoms. The first-order valence-corrected chi connectivity index (χ1v) is 1.34. The molecule has 0 aliphatic heterocycles. The van der Waals surface area contributed by atoms with Crippen LogP contribution in [-0.2, 0) is 4.79 Å². The van der Waals surface area contributed by atoms with Crippen LogP contribution < -0.4 is 0 Å². The van der Waals surface area contributed by atoms with Gasteiger partial charge in [0, 0.05) is 6.08 Å². The van der Waals surface area contributed by atoms with Crippen molar-refractivity contribution >= 4 is 6.29 Å². The Hall–Kier alpha value is -1.10. The molecule has 0 saturated heterocycles. The fraction of sp³-hybridized carbons (Fsp3) is 0. The van der Waals surface area contributed by atoms with E-state index in [4.69, 9.17) is 5.26 Å². The Labute approximate surface area is 35.7 Å². The molecule has 0 heterocycles.